The average molecular weight is 305 g/mol. The minimum Gasteiger partial charge on any atom is -0.381 e. The van der Waals surface area contributed by atoms with Crippen molar-refractivity contribution in [3.8, 4) is 6.07 Å². The van der Waals surface area contributed by atoms with E-state index in [1.165, 1.54) is 38.5 Å². The Morgan fingerprint density at radius 2 is 2.10 bits per heavy atom. The summed E-state index contributed by atoms with van der Waals surface area (Å²) in [6.07, 6.45) is 8.90. The van der Waals surface area contributed by atoms with Crippen LogP contribution in [0.5, 0.6) is 0 Å². The van der Waals surface area contributed by atoms with E-state index in [0.29, 0.717) is 10.6 Å². The SMILES string of the molecule is N#Cc1ccc(Cl)cc1NCC1CCC2(CCCCC2)O1. The summed E-state index contributed by atoms with van der Waals surface area (Å²) in [5.74, 6) is 0. The lowest BCUT2D eigenvalue weighted by molar-refractivity contribution is -0.0588. The van der Waals surface area contributed by atoms with Crippen LogP contribution in [0.2, 0.25) is 5.02 Å². The van der Waals surface area contributed by atoms with Gasteiger partial charge in [-0.2, -0.15) is 5.26 Å². The van der Waals surface area contributed by atoms with Crippen LogP contribution in [0.15, 0.2) is 18.2 Å². The van der Waals surface area contributed by atoms with Gasteiger partial charge in [0.25, 0.3) is 0 Å². The van der Waals surface area contributed by atoms with Crippen molar-refractivity contribution >= 4 is 17.3 Å². The second-order valence-corrected chi connectivity index (χ2v) is 6.64. The average Bonchev–Trinajstić information content (AvgIpc) is 2.89. The topological polar surface area (TPSA) is 45.0 Å². The zero-order valence-corrected chi connectivity index (χ0v) is 13.0. The number of nitriles is 1. The van der Waals surface area contributed by atoms with E-state index in [1.807, 2.05) is 6.07 Å². The van der Waals surface area contributed by atoms with Crippen molar-refractivity contribution in [2.75, 3.05) is 11.9 Å². The zero-order chi connectivity index (χ0) is 14.7. The zero-order valence-electron chi connectivity index (χ0n) is 12.2. The Bertz CT molecular complexity index is 546. The van der Waals surface area contributed by atoms with Crippen LogP contribution in [0.1, 0.15) is 50.5 Å². The van der Waals surface area contributed by atoms with Gasteiger partial charge in [0.15, 0.2) is 0 Å². The minimum absolute atomic E-state index is 0.150. The number of hydrogen-bond donors (Lipinski definition) is 1. The Labute approximate surface area is 131 Å². The molecule has 1 atom stereocenters. The first kappa shape index (κ1) is 14.7. The molecular formula is C17H21ClN2O. The van der Waals surface area contributed by atoms with Gasteiger partial charge < -0.3 is 10.1 Å². The molecule has 1 spiro atoms. The number of nitrogens with one attached hydrogen (secondary N) is 1. The molecule has 1 aromatic carbocycles. The molecule has 1 heterocycles. The van der Waals surface area contributed by atoms with Gasteiger partial charge in [0, 0.05) is 11.6 Å². The molecular weight excluding hydrogens is 284 g/mol. The highest BCUT2D eigenvalue weighted by Gasteiger charge is 2.40. The molecule has 1 aliphatic carbocycles. The van der Waals surface area contributed by atoms with Crippen LogP contribution in [-0.2, 0) is 4.74 Å². The van der Waals surface area contributed by atoms with E-state index in [1.54, 1.807) is 12.1 Å². The monoisotopic (exact) mass is 304 g/mol. The molecule has 1 unspecified atom stereocenters. The first-order chi connectivity index (χ1) is 10.2. The van der Waals surface area contributed by atoms with Gasteiger partial charge in [-0.05, 0) is 43.9 Å². The van der Waals surface area contributed by atoms with Gasteiger partial charge in [-0.3, -0.25) is 0 Å². The Morgan fingerprint density at radius 3 is 2.86 bits per heavy atom. The van der Waals surface area contributed by atoms with E-state index in [-0.39, 0.29) is 11.7 Å². The number of rotatable bonds is 3. The van der Waals surface area contributed by atoms with Crippen LogP contribution in [0, 0.1) is 11.3 Å². The summed E-state index contributed by atoms with van der Waals surface area (Å²) in [4.78, 5) is 0. The fraction of sp³-hybridized carbons (Fsp3) is 0.588. The molecule has 1 saturated heterocycles. The molecule has 1 aromatic rings. The molecule has 0 radical (unpaired) electrons. The van der Waals surface area contributed by atoms with E-state index in [4.69, 9.17) is 21.6 Å². The minimum atomic E-state index is 0.150. The van der Waals surface area contributed by atoms with Crippen molar-refractivity contribution in [3.63, 3.8) is 0 Å². The molecule has 0 bridgehead atoms. The molecule has 4 heteroatoms. The number of ether oxygens (including phenoxy) is 1. The van der Waals surface area contributed by atoms with Crippen molar-refractivity contribution in [1.82, 2.24) is 0 Å². The van der Waals surface area contributed by atoms with E-state index < -0.39 is 0 Å². The number of hydrogen-bond acceptors (Lipinski definition) is 3. The fourth-order valence-electron chi connectivity index (χ4n) is 3.59. The van der Waals surface area contributed by atoms with Crippen LogP contribution >= 0.6 is 11.6 Å². The molecule has 3 nitrogen and oxygen atoms in total. The third-order valence-corrected chi connectivity index (χ3v) is 4.96. The second kappa shape index (κ2) is 6.25. The Morgan fingerprint density at radius 1 is 1.29 bits per heavy atom. The molecule has 1 saturated carbocycles. The molecule has 2 fully saturated rings. The summed E-state index contributed by atoms with van der Waals surface area (Å²) in [6, 6.07) is 7.50. The molecule has 1 N–H and O–H groups in total. The summed E-state index contributed by atoms with van der Waals surface area (Å²) in [5, 5.41) is 13.1. The van der Waals surface area contributed by atoms with Crippen molar-refractivity contribution in [3.05, 3.63) is 28.8 Å². The maximum Gasteiger partial charge on any atom is 0.101 e. The summed E-state index contributed by atoms with van der Waals surface area (Å²) < 4.78 is 6.34. The summed E-state index contributed by atoms with van der Waals surface area (Å²) in [5.41, 5.74) is 1.58. The van der Waals surface area contributed by atoms with Crippen LogP contribution in [0.3, 0.4) is 0 Å². The van der Waals surface area contributed by atoms with Gasteiger partial charge in [-0.1, -0.05) is 30.9 Å². The van der Waals surface area contributed by atoms with Crippen molar-refractivity contribution in [2.45, 2.75) is 56.7 Å². The maximum absolute atomic E-state index is 9.14. The van der Waals surface area contributed by atoms with Gasteiger partial charge in [-0.15, -0.1) is 0 Å². The summed E-state index contributed by atoms with van der Waals surface area (Å²) in [7, 11) is 0. The highest BCUT2D eigenvalue weighted by atomic mass is 35.5. The van der Waals surface area contributed by atoms with E-state index in [9.17, 15) is 0 Å². The predicted octanol–water partition coefficient (Wildman–Crippen LogP) is 4.51. The fourth-order valence-corrected chi connectivity index (χ4v) is 3.76. The summed E-state index contributed by atoms with van der Waals surface area (Å²) >= 11 is 6.01. The van der Waals surface area contributed by atoms with Gasteiger partial charge in [0.1, 0.15) is 6.07 Å². The molecule has 21 heavy (non-hydrogen) atoms. The van der Waals surface area contributed by atoms with Gasteiger partial charge in [0.05, 0.1) is 23.0 Å². The third kappa shape index (κ3) is 3.33. The largest absolute Gasteiger partial charge is 0.381 e. The molecule has 112 valence electrons. The normalized spacial score (nSPS) is 23.9. The lowest BCUT2D eigenvalue weighted by atomic mass is 9.83. The van der Waals surface area contributed by atoms with Crippen LogP contribution in [0.4, 0.5) is 5.69 Å². The van der Waals surface area contributed by atoms with Crippen LogP contribution < -0.4 is 5.32 Å². The highest BCUT2D eigenvalue weighted by Crippen LogP contribution is 2.41. The van der Waals surface area contributed by atoms with Crippen molar-refractivity contribution in [1.29, 1.82) is 5.26 Å². The quantitative estimate of drug-likeness (QED) is 0.894. The lowest BCUT2D eigenvalue weighted by Crippen LogP contribution is -2.33. The molecule has 2 aliphatic rings. The van der Waals surface area contributed by atoms with Gasteiger partial charge >= 0.3 is 0 Å². The third-order valence-electron chi connectivity index (χ3n) is 4.73. The first-order valence-corrected chi connectivity index (χ1v) is 8.20. The first-order valence-electron chi connectivity index (χ1n) is 7.82. The molecule has 0 aromatic heterocycles. The number of anilines is 1. The van der Waals surface area contributed by atoms with Crippen LogP contribution in [0.25, 0.3) is 0 Å². The predicted molar refractivity (Wildman–Crippen MR) is 84.6 cm³/mol. The summed E-state index contributed by atoms with van der Waals surface area (Å²) in [6.45, 7) is 0.747. The smallest absolute Gasteiger partial charge is 0.101 e. The van der Waals surface area contributed by atoms with E-state index >= 15 is 0 Å². The van der Waals surface area contributed by atoms with E-state index in [0.717, 1.165) is 18.7 Å². The number of halogens is 1. The Kier molecular flexibility index (Phi) is 4.37. The standard InChI is InChI=1S/C17H21ClN2O/c18-14-5-4-13(11-19)16(10-14)20-12-15-6-9-17(21-15)7-2-1-3-8-17/h4-5,10,15,20H,1-3,6-9,12H2. The Hall–Kier alpha value is -1.24. The number of benzene rings is 1. The number of nitrogens with zero attached hydrogens (tertiary/aromatic N) is 1. The lowest BCUT2D eigenvalue weighted by Gasteiger charge is -2.33. The van der Waals surface area contributed by atoms with Crippen molar-refractivity contribution < 1.29 is 4.74 Å². The Balaban J connectivity index is 1.59. The molecule has 1 aliphatic heterocycles. The van der Waals surface area contributed by atoms with Gasteiger partial charge in [0.2, 0.25) is 0 Å². The van der Waals surface area contributed by atoms with Crippen LogP contribution in [-0.4, -0.2) is 18.2 Å². The highest BCUT2D eigenvalue weighted by molar-refractivity contribution is 6.30. The van der Waals surface area contributed by atoms with Crippen molar-refractivity contribution in [2.24, 2.45) is 0 Å². The molecule has 0 amide bonds. The maximum atomic E-state index is 9.14. The van der Waals surface area contributed by atoms with Gasteiger partial charge in [-0.25, -0.2) is 0 Å². The molecule has 3 rings (SSSR count). The van der Waals surface area contributed by atoms with E-state index in [2.05, 4.69) is 11.4 Å². The second-order valence-electron chi connectivity index (χ2n) is 6.20.